The van der Waals surface area contributed by atoms with Crippen LogP contribution in [0.25, 0.3) is 9.88 Å². The van der Waals surface area contributed by atoms with E-state index in [-0.39, 0.29) is 11.8 Å². The maximum Gasteiger partial charge on any atom is 0.275 e. The molecule has 2 heterocycles. The van der Waals surface area contributed by atoms with Crippen LogP contribution in [0.15, 0.2) is 45.6 Å². The van der Waals surface area contributed by atoms with E-state index >= 15 is 0 Å². The lowest BCUT2D eigenvalue weighted by Crippen LogP contribution is -2.25. The Hall–Kier alpha value is -2.03. The predicted octanol–water partition coefficient (Wildman–Crippen LogP) is 4.78. The van der Waals surface area contributed by atoms with Gasteiger partial charge in [-0.25, -0.2) is 4.98 Å². The van der Waals surface area contributed by atoms with Gasteiger partial charge >= 0.3 is 0 Å². The Morgan fingerprint density at radius 1 is 1.12 bits per heavy atom. The van der Waals surface area contributed by atoms with Crippen LogP contribution < -0.4 is 10.6 Å². The van der Waals surface area contributed by atoms with Crippen LogP contribution in [-0.4, -0.2) is 22.8 Å². The first-order valence-corrected chi connectivity index (χ1v) is 10.6. The number of thiophene rings is 1. The van der Waals surface area contributed by atoms with E-state index in [1.54, 1.807) is 41.0 Å². The summed E-state index contributed by atoms with van der Waals surface area (Å²) in [7, 11) is 0. The summed E-state index contributed by atoms with van der Waals surface area (Å²) in [4.78, 5) is 30.0. The lowest BCUT2D eigenvalue weighted by molar-refractivity contribution is 0.0949. The zero-order valence-electron chi connectivity index (χ0n) is 13.5. The molecule has 0 aliphatic heterocycles. The lowest BCUT2D eigenvalue weighted by atomic mass is 10.2. The second-order valence-electron chi connectivity index (χ2n) is 5.95. The van der Waals surface area contributed by atoms with Crippen molar-refractivity contribution in [3.05, 3.63) is 56.8 Å². The molecule has 132 valence electrons. The predicted molar refractivity (Wildman–Crippen MR) is 108 cm³/mol. The molecule has 0 bridgehead atoms. The Labute approximate surface area is 166 Å². The smallest absolute Gasteiger partial charge is 0.275 e. The van der Waals surface area contributed by atoms with E-state index in [9.17, 15) is 9.59 Å². The van der Waals surface area contributed by atoms with Gasteiger partial charge in [0.1, 0.15) is 10.7 Å². The molecule has 0 spiro atoms. The van der Waals surface area contributed by atoms with E-state index in [2.05, 4.69) is 31.5 Å². The maximum absolute atomic E-state index is 12.5. The Balaban J connectivity index is 1.46. The third-order valence-electron chi connectivity index (χ3n) is 3.81. The average molecular weight is 448 g/mol. The zero-order valence-corrected chi connectivity index (χ0v) is 16.7. The van der Waals surface area contributed by atoms with Crippen molar-refractivity contribution >= 4 is 56.1 Å². The summed E-state index contributed by atoms with van der Waals surface area (Å²) < 4.78 is 1.000. The molecule has 5 nitrogen and oxygen atoms in total. The first kappa shape index (κ1) is 17.4. The highest BCUT2D eigenvalue weighted by molar-refractivity contribution is 9.10. The summed E-state index contributed by atoms with van der Waals surface area (Å²) in [6.45, 7) is 0. The van der Waals surface area contributed by atoms with Crippen LogP contribution in [-0.2, 0) is 0 Å². The van der Waals surface area contributed by atoms with Gasteiger partial charge in [-0.05, 0) is 53.0 Å². The normalized spacial score (nSPS) is 13.4. The van der Waals surface area contributed by atoms with E-state index in [1.165, 1.54) is 11.3 Å². The Morgan fingerprint density at radius 2 is 1.96 bits per heavy atom. The van der Waals surface area contributed by atoms with Crippen molar-refractivity contribution in [2.45, 2.75) is 18.9 Å². The van der Waals surface area contributed by atoms with Gasteiger partial charge in [-0.3, -0.25) is 9.59 Å². The summed E-state index contributed by atoms with van der Waals surface area (Å²) in [5, 5.41) is 10.3. The molecule has 2 amide bonds. The summed E-state index contributed by atoms with van der Waals surface area (Å²) in [6.07, 6.45) is 2.07. The zero-order chi connectivity index (χ0) is 18.1. The maximum atomic E-state index is 12.5. The Kier molecular flexibility index (Phi) is 4.88. The Bertz CT molecular complexity index is 978. The molecule has 4 rings (SSSR count). The summed E-state index contributed by atoms with van der Waals surface area (Å²) in [5.41, 5.74) is 1.48. The number of amides is 2. The van der Waals surface area contributed by atoms with E-state index in [1.807, 2.05) is 11.4 Å². The summed E-state index contributed by atoms with van der Waals surface area (Å²) in [6, 6.07) is 9.21. The number of halogens is 1. The van der Waals surface area contributed by atoms with Crippen molar-refractivity contribution in [1.82, 2.24) is 10.3 Å². The number of hydrogen-bond acceptors (Lipinski definition) is 5. The number of nitrogens with one attached hydrogen (secondary N) is 2. The minimum absolute atomic E-state index is 0.109. The number of nitrogens with zero attached hydrogens (tertiary/aromatic N) is 1. The largest absolute Gasteiger partial charge is 0.349 e. The van der Waals surface area contributed by atoms with E-state index in [0.29, 0.717) is 23.0 Å². The van der Waals surface area contributed by atoms with E-state index in [0.717, 1.165) is 27.2 Å². The number of carbonyl (C=O) groups is 2. The fourth-order valence-electron chi connectivity index (χ4n) is 2.35. The van der Waals surface area contributed by atoms with Crippen molar-refractivity contribution < 1.29 is 9.59 Å². The molecule has 2 N–H and O–H groups in total. The highest BCUT2D eigenvalue weighted by Gasteiger charge is 2.24. The van der Waals surface area contributed by atoms with Gasteiger partial charge in [0, 0.05) is 32.5 Å². The van der Waals surface area contributed by atoms with E-state index < -0.39 is 0 Å². The summed E-state index contributed by atoms with van der Waals surface area (Å²) >= 11 is 6.42. The van der Waals surface area contributed by atoms with Crippen molar-refractivity contribution in [2.24, 2.45) is 0 Å². The second kappa shape index (κ2) is 7.30. The minimum atomic E-state index is -0.289. The number of rotatable bonds is 5. The van der Waals surface area contributed by atoms with Crippen LogP contribution in [0.5, 0.6) is 0 Å². The van der Waals surface area contributed by atoms with Crippen molar-refractivity contribution in [3.8, 4) is 9.88 Å². The monoisotopic (exact) mass is 447 g/mol. The Morgan fingerprint density at radius 3 is 2.69 bits per heavy atom. The molecule has 1 saturated carbocycles. The van der Waals surface area contributed by atoms with Gasteiger partial charge in [0.25, 0.3) is 11.8 Å². The van der Waals surface area contributed by atoms with Crippen LogP contribution in [0.2, 0.25) is 0 Å². The molecule has 2 aromatic heterocycles. The fourth-order valence-corrected chi connectivity index (χ4v) is 4.65. The molecule has 1 aromatic carbocycles. The average Bonchev–Trinajstić information content (AvgIpc) is 3.12. The lowest BCUT2D eigenvalue weighted by Gasteiger charge is -2.07. The van der Waals surface area contributed by atoms with Crippen molar-refractivity contribution in [3.63, 3.8) is 0 Å². The van der Waals surface area contributed by atoms with Gasteiger partial charge in [0.15, 0.2) is 0 Å². The van der Waals surface area contributed by atoms with E-state index in [4.69, 9.17) is 0 Å². The topological polar surface area (TPSA) is 71.1 Å². The van der Waals surface area contributed by atoms with Gasteiger partial charge in [-0.1, -0.05) is 6.07 Å². The molecule has 26 heavy (non-hydrogen) atoms. The van der Waals surface area contributed by atoms with Crippen molar-refractivity contribution in [1.29, 1.82) is 0 Å². The van der Waals surface area contributed by atoms with Crippen LogP contribution in [0, 0.1) is 0 Å². The molecule has 0 radical (unpaired) electrons. The van der Waals surface area contributed by atoms with Gasteiger partial charge < -0.3 is 10.6 Å². The third-order valence-corrected chi connectivity index (χ3v) is 6.51. The number of carbonyl (C=O) groups excluding carboxylic acids is 2. The number of anilines is 1. The van der Waals surface area contributed by atoms with Gasteiger partial charge in [-0.15, -0.1) is 22.7 Å². The molecule has 0 atom stereocenters. The summed E-state index contributed by atoms with van der Waals surface area (Å²) in [5.74, 6) is -0.398. The van der Waals surface area contributed by atoms with Crippen LogP contribution >= 0.6 is 38.6 Å². The highest BCUT2D eigenvalue weighted by atomic mass is 79.9. The van der Waals surface area contributed by atoms with Gasteiger partial charge in [0.2, 0.25) is 0 Å². The fraction of sp³-hybridized carbons (Fsp3) is 0.167. The van der Waals surface area contributed by atoms with Gasteiger partial charge in [-0.2, -0.15) is 0 Å². The highest BCUT2D eigenvalue weighted by Crippen LogP contribution is 2.32. The molecule has 1 fully saturated rings. The molecule has 0 saturated heterocycles. The molecular weight excluding hydrogens is 434 g/mol. The van der Waals surface area contributed by atoms with Crippen LogP contribution in [0.1, 0.15) is 33.7 Å². The SMILES string of the molecule is O=C(NC1CC1)c1cccc(NC(=O)c2csc(-c3cc(Br)cs3)n2)c1. The number of thiazole rings is 1. The molecule has 3 aromatic rings. The number of aromatic nitrogens is 1. The third kappa shape index (κ3) is 4.03. The quantitative estimate of drug-likeness (QED) is 0.590. The number of hydrogen-bond donors (Lipinski definition) is 2. The molecule has 0 unspecified atom stereocenters. The van der Waals surface area contributed by atoms with Gasteiger partial charge in [0.05, 0.1) is 4.88 Å². The molecule has 8 heteroatoms. The molecule has 1 aliphatic rings. The molecular formula is C18H14BrN3O2S2. The van der Waals surface area contributed by atoms with Crippen molar-refractivity contribution in [2.75, 3.05) is 5.32 Å². The first-order chi connectivity index (χ1) is 12.6. The first-order valence-electron chi connectivity index (χ1n) is 8.01. The van der Waals surface area contributed by atoms with Crippen LogP contribution in [0.4, 0.5) is 5.69 Å². The molecule has 1 aliphatic carbocycles. The standard InChI is InChI=1S/C18H14BrN3O2S2/c19-11-7-15(25-8-11)18-22-14(9-26-18)17(24)21-13-3-1-2-10(6-13)16(23)20-12-4-5-12/h1-3,6-9,12H,4-5H2,(H,20,23)(H,21,24). The second-order valence-corrected chi connectivity index (χ2v) is 8.63. The minimum Gasteiger partial charge on any atom is -0.349 e. The number of benzene rings is 1. The van der Waals surface area contributed by atoms with Crippen LogP contribution in [0.3, 0.4) is 0 Å².